The lowest BCUT2D eigenvalue weighted by atomic mass is 10.2. The van der Waals surface area contributed by atoms with E-state index >= 15 is 0 Å². The minimum absolute atomic E-state index is 0.192. The first-order valence-corrected chi connectivity index (χ1v) is 10.2. The van der Waals surface area contributed by atoms with Gasteiger partial charge in [-0.25, -0.2) is 8.42 Å². The van der Waals surface area contributed by atoms with Crippen LogP contribution in [0.15, 0.2) is 71.6 Å². The minimum Gasteiger partial charge on any atom is -0.351 e. The Morgan fingerprint density at radius 2 is 1.63 bits per heavy atom. The average Bonchev–Trinajstić information content (AvgIpc) is 2.67. The molecule has 1 N–H and O–H groups in total. The molecule has 140 valence electrons. The van der Waals surface area contributed by atoms with Gasteiger partial charge in [0, 0.05) is 13.1 Å². The molecule has 0 bridgehead atoms. The van der Waals surface area contributed by atoms with Gasteiger partial charge in [-0.15, -0.1) is 10.2 Å². The third kappa shape index (κ3) is 4.62. The van der Waals surface area contributed by atoms with Crippen molar-refractivity contribution in [3.05, 3.63) is 77.9 Å². The van der Waals surface area contributed by atoms with Gasteiger partial charge in [0.1, 0.15) is 0 Å². The SMILES string of the molecule is CCN(Cc1ccccc1)c1ccc(NS(=O)(=O)c2ccccc2C)nn1. The second-order valence-corrected chi connectivity index (χ2v) is 7.80. The van der Waals surface area contributed by atoms with Crippen molar-refractivity contribution in [1.29, 1.82) is 0 Å². The number of aryl methyl sites for hydroxylation is 1. The highest BCUT2D eigenvalue weighted by Crippen LogP contribution is 2.19. The highest BCUT2D eigenvalue weighted by Gasteiger charge is 2.17. The van der Waals surface area contributed by atoms with Crippen molar-refractivity contribution in [2.75, 3.05) is 16.2 Å². The molecule has 0 unspecified atom stereocenters. The predicted molar refractivity (Wildman–Crippen MR) is 107 cm³/mol. The van der Waals surface area contributed by atoms with Gasteiger partial charge in [-0.05, 0) is 43.2 Å². The summed E-state index contributed by atoms with van der Waals surface area (Å²) < 4.78 is 27.6. The standard InChI is InChI=1S/C20H22N4O2S/c1-3-24(15-17-10-5-4-6-11-17)20-14-13-19(21-22-20)23-27(25,26)18-12-8-7-9-16(18)2/h4-14H,3,15H2,1-2H3,(H,21,23). The molecular weight excluding hydrogens is 360 g/mol. The van der Waals surface area contributed by atoms with Crippen LogP contribution >= 0.6 is 0 Å². The lowest BCUT2D eigenvalue weighted by molar-refractivity contribution is 0.600. The summed E-state index contributed by atoms with van der Waals surface area (Å²) in [5, 5.41) is 8.24. The zero-order valence-corrected chi connectivity index (χ0v) is 16.1. The summed E-state index contributed by atoms with van der Waals surface area (Å²) in [6.45, 7) is 5.27. The van der Waals surface area contributed by atoms with Crippen molar-refractivity contribution >= 4 is 21.7 Å². The summed E-state index contributed by atoms with van der Waals surface area (Å²) in [7, 11) is -3.70. The third-order valence-electron chi connectivity index (χ3n) is 4.19. The molecule has 2 aromatic carbocycles. The third-order valence-corrected chi connectivity index (χ3v) is 5.71. The van der Waals surface area contributed by atoms with E-state index < -0.39 is 10.0 Å². The molecule has 3 aromatic rings. The van der Waals surface area contributed by atoms with Crippen LogP contribution in [0, 0.1) is 6.92 Å². The summed E-state index contributed by atoms with van der Waals surface area (Å²) in [6.07, 6.45) is 0. The van der Waals surface area contributed by atoms with Crippen molar-refractivity contribution in [2.24, 2.45) is 0 Å². The van der Waals surface area contributed by atoms with Crippen LogP contribution in [-0.2, 0) is 16.6 Å². The van der Waals surface area contributed by atoms with Crippen LogP contribution < -0.4 is 9.62 Å². The maximum absolute atomic E-state index is 12.5. The second-order valence-electron chi connectivity index (χ2n) is 6.15. The van der Waals surface area contributed by atoms with E-state index in [0.717, 1.165) is 6.54 Å². The molecule has 1 aromatic heterocycles. The van der Waals surface area contributed by atoms with E-state index in [1.54, 1.807) is 43.3 Å². The zero-order chi connectivity index (χ0) is 19.3. The first-order valence-electron chi connectivity index (χ1n) is 8.70. The van der Waals surface area contributed by atoms with Gasteiger partial charge < -0.3 is 4.90 Å². The van der Waals surface area contributed by atoms with Gasteiger partial charge in [-0.1, -0.05) is 48.5 Å². The Kier molecular flexibility index (Phi) is 5.71. The molecule has 0 aliphatic heterocycles. The topological polar surface area (TPSA) is 75.2 Å². The largest absolute Gasteiger partial charge is 0.351 e. The number of aromatic nitrogens is 2. The summed E-state index contributed by atoms with van der Waals surface area (Å²) in [4.78, 5) is 2.30. The van der Waals surface area contributed by atoms with Gasteiger partial charge in [-0.3, -0.25) is 4.72 Å². The van der Waals surface area contributed by atoms with Crippen molar-refractivity contribution in [3.63, 3.8) is 0 Å². The molecule has 0 fully saturated rings. The van der Waals surface area contributed by atoms with Gasteiger partial charge in [-0.2, -0.15) is 0 Å². The quantitative estimate of drug-likeness (QED) is 0.676. The molecule has 3 rings (SSSR count). The molecule has 0 amide bonds. The molecule has 27 heavy (non-hydrogen) atoms. The van der Waals surface area contributed by atoms with Crippen LogP contribution in [-0.4, -0.2) is 25.2 Å². The predicted octanol–water partition coefficient (Wildman–Crippen LogP) is 3.61. The fourth-order valence-corrected chi connectivity index (χ4v) is 4.00. The molecule has 0 spiro atoms. The number of anilines is 2. The van der Waals surface area contributed by atoms with Crippen LogP contribution in [0.2, 0.25) is 0 Å². The monoisotopic (exact) mass is 382 g/mol. The molecule has 7 heteroatoms. The maximum atomic E-state index is 12.5. The Balaban J connectivity index is 1.76. The van der Waals surface area contributed by atoms with E-state index in [2.05, 4.69) is 32.0 Å². The van der Waals surface area contributed by atoms with E-state index in [4.69, 9.17) is 0 Å². The summed E-state index contributed by atoms with van der Waals surface area (Å²) in [5.41, 5.74) is 1.85. The molecule has 0 aliphatic carbocycles. The van der Waals surface area contributed by atoms with E-state index in [9.17, 15) is 8.42 Å². The fourth-order valence-electron chi connectivity index (χ4n) is 2.76. The zero-order valence-electron chi connectivity index (χ0n) is 15.3. The highest BCUT2D eigenvalue weighted by atomic mass is 32.2. The fraction of sp³-hybridized carbons (Fsp3) is 0.200. The molecule has 1 heterocycles. The van der Waals surface area contributed by atoms with Gasteiger partial charge >= 0.3 is 0 Å². The maximum Gasteiger partial charge on any atom is 0.263 e. The van der Waals surface area contributed by atoms with Crippen molar-refractivity contribution in [3.8, 4) is 0 Å². The number of hydrogen-bond acceptors (Lipinski definition) is 5. The second kappa shape index (κ2) is 8.18. The van der Waals surface area contributed by atoms with Crippen LogP contribution in [0.4, 0.5) is 11.6 Å². The lowest BCUT2D eigenvalue weighted by Gasteiger charge is -2.21. The van der Waals surface area contributed by atoms with Crippen LogP contribution in [0.25, 0.3) is 0 Å². The Bertz CT molecular complexity index is 990. The van der Waals surface area contributed by atoms with Crippen molar-refractivity contribution < 1.29 is 8.42 Å². The van der Waals surface area contributed by atoms with E-state index in [0.29, 0.717) is 17.9 Å². The molecule has 0 radical (unpaired) electrons. The normalized spacial score (nSPS) is 11.2. The first-order chi connectivity index (χ1) is 13.0. The Hall–Kier alpha value is -2.93. The van der Waals surface area contributed by atoms with Crippen LogP contribution in [0.3, 0.4) is 0 Å². The summed E-state index contributed by atoms with van der Waals surface area (Å²) >= 11 is 0. The van der Waals surface area contributed by atoms with E-state index in [1.165, 1.54) is 5.56 Å². The number of nitrogens with one attached hydrogen (secondary N) is 1. The van der Waals surface area contributed by atoms with Gasteiger partial charge in [0.2, 0.25) is 0 Å². The highest BCUT2D eigenvalue weighted by molar-refractivity contribution is 7.92. The van der Waals surface area contributed by atoms with Crippen LogP contribution in [0.5, 0.6) is 0 Å². The number of sulfonamides is 1. The first kappa shape index (κ1) is 18.8. The Morgan fingerprint density at radius 3 is 2.26 bits per heavy atom. The molecule has 0 atom stereocenters. The lowest BCUT2D eigenvalue weighted by Crippen LogP contribution is -2.23. The number of benzene rings is 2. The van der Waals surface area contributed by atoms with E-state index in [-0.39, 0.29) is 10.7 Å². The smallest absolute Gasteiger partial charge is 0.263 e. The Morgan fingerprint density at radius 1 is 0.926 bits per heavy atom. The van der Waals surface area contributed by atoms with Crippen molar-refractivity contribution in [2.45, 2.75) is 25.3 Å². The summed E-state index contributed by atoms with van der Waals surface area (Å²) in [5.74, 6) is 0.887. The van der Waals surface area contributed by atoms with Gasteiger partial charge in [0.25, 0.3) is 10.0 Å². The number of nitrogens with zero attached hydrogens (tertiary/aromatic N) is 3. The number of rotatable bonds is 7. The van der Waals surface area contributed by atoms with Gasteiger partial charge in [0.15, 0.2) is 11.6 Å². The van der Waals surface area contributed by atoms with Gasteiger partial charge in [0.05, 0.1) is 4.90 Å². The molecule has 0 saturated carbocycles. The molecular formula is C20H22N4O2S. The average molecular weight is 382 g/mol. The molecule has 0 aliphatic rings. The van der Waals surface area contributed by atoms with Crippen molar-refractivity contribution in [1.82, 2.24) is 10.2 Å². The summed E-state index contributed by atoms with van der Waals surface area (Å²) in [6, 6.07) is 20.3. The van der Waals surface area contributed by atoms with E-state index in [1.807, 2.05) is 25.1 Å². The molecule has 6 nitrogen and oxygen atoms in total. The minimum atomic E-state index is -3.70. The number of hydrogen-bond donors (Lipinski definition) is 1. The Labute approximate surface area is 159 Å². The van der Waals surface area contributed by atoms with Crippen LogP contribution in [0.1, 0.15) is 18.1 Å². The molecule has 0 saturated heterocycles.